The van der Waals surface area contributed by atoms with Crippen LogP contribution in [0.5, 0.6) is 0 Å². The molecule has 0 radical (unpaired) electrons. The van der Waals surface area contributed by atoms with Crippen LogP contribution in [-0.2, 0) is 28.6 Å². The van der Waals surface area contributed by atoms with E-state index in [4.69, 9.17) is 19.3 Å². The van der Waals surface area contributed by atoms with Gasteiger partial charge in [-0.25, -0.2) is 0 Å². The highest BCUT2D eigenvalue weighted by Gasteiger charge is 2.76. The molecule has 0 aromatic heterocycles. The molecule has 4 aliphatic carbocycles. The fourth-order valence-corrected chi connectivity index (χ4v) is 11.9. The normalized spacial score (nSPS) is 48.1. The van der Waals surface area contributed by atoms with Gasteiger partial charge >= 0.3 is 17.9 Å². The summed E-state index contributed by atoms with van der Waals surface area (Å²) in [5, 5.41) is 32.8. The molecule has 1 saturated heterocycles. The number of rotatable bonds is 6. The summed E-state index contributed by atoms with van der Waals surface area (Å²) in [6.07, 6.45) is 4.65. The number of hydrogen-bond acceptors (Lipinski definition) is 8. The van der Waals surface area contributed by atoms with Crippen LogP contribution in [0.4, 0.5) is 0 Å². The Morgan fingerprint density at radius 3 is 2.09 bits per heavy atom. The lowest BCUT2D eigenvalue weighted by Gasteiger charge is -2.71. The Kier molecular flexibility index (Phi) is 7.95. The maximum absolute atomic E-state index is 12.9. The summed E-state index contributed by atoms with van der Waals surface area (Å²) in [6, 6.07) is 0. The Morgan fingerprint density at radius 1 is 0.864 bits per heavy atom. The number of hydrogen-bond donors (Lipinski definition) is 3. The molecule has 0 unspecified atom stereocenters. The molecule has 1 aliphatic heterocycles. The highest BCUT2D eigenvalue weighted by molar-refractivity contribution is 5.90. The van der Waals surface area contributed by atoms with Crippen LogP contribution in [0.25, 0.3) is 0 Å². The van der Waals surface area contributed by atoms with Crippen molar-refractivity contribution in [2.24, 2.45) is 39.4 Å². The van der Waals surface area contributed by atoms with Gasteiger partial charge in [0.1, 0.15) is 24.2 Å². The quantitative estimate of drug-likeness (QED) is 0.262. The number of carboxylic acid groups (broad SMARTS) is 1. The lowest BCUT2D eigenvalue weighted by atomic mass is 9.35. The first-order valence-corrected chi connectivity index (χ1v) is 16.8. The summed E-state index contributed by atoms with van der Waals surface area (Å²) < 4.78 is 18.6. The molecule has 0 aromatic rings. The molecule has 4 saturated carbocycles. The minimum Gasteiger partial charge on any atom is -0.481 e. The molecular weight excluding hydrogens is 564 g/mol. The molecule has 0 aromatic carbocycles. The van der Waals surface area contributed by atoms with E-state index in [0.717, 1.165) is 25.7 Å². The maximum atomic E-state index is 12.9. The number of ether oxygens (including phenoxy) is 3. The average molecular weight is 621 g/mol. The SMILES string of the molecule is CC(=O)O[C@@H]1C[C@@H]2[C@@]3(C)CC[C@H](OC(=O)CC(=O)O)C(C)(C)[C@@H]3CC[C@@]2(C)[C@]2(C)CC[C@](O)([C@]3(C)CC[C@H](C(C)(C)O)O3)[C@@H]12. The smallest absolute Gasteiger partial charge is 0.317 e. The molecular formula is C35H56O9. The summed E-state index contributed by atoms with van der Waals surface area (Å²) in [4.78, 5) is 36.2. The van der Waals surface area contributed by atoms with E-state index < -0.39 is 41.3 Å². The first-order chi connectivity index (χ1) is 20.0. The van der Waals surface area contributed by atoms with Crippen LogP contribution in [0.15, 0.2) is 0 Å². The minimum absolute atomic E-state index is 0.140. The van der Waals surface area contributed by atoms with E-state index in [1.54, 1.807) is 13.8 Å². The zero-order chi connectivity index (χ0) is 32.9. The van der Waals surface area contributed by atoms with Crippen molar-refractivity contribution in [3.8, 4) is 0 Å². The molecule has 44 heavy (non-hydrogen) atoms. The first kappa shape index (κ1) is 33.6. The molecule has 0 spiro atoms. The van der Waals surface area contributed by atoms with Crippen molar-refractivity contribution in [1.29, 1.82) is 0 Å². The number of aliphatic hydroxyl groups is 2. The van der Waals surface area contributed by atoms with Gasteiger partial charge in [0.05, 0.1) is 17.3 Å². The number of esters is 2. The van der Waals surface area contributed by atoms with Crippen LogP contribution < -0.4 is 0 Å². The number of carbonyl (C=O) groups excluding carboxylic acids is 2. The van der Waals surface area contributed by atoms with Gasteiger partial charge in [0.15, 0.2) is 0 Å². The van der Waals surface area contributed by atoms with Crippen LogP contribution in [0.3, 0.4) is 0 Å². The Labute approximate surface area is 262 Å². The minimum atomic E-state index is -1.23. The Bertz CT molecular complexity index is 1190. The molecule has 3 N–H and O–H groups in total. The van der Waals surface area contributed by atoms with Crippen LogP contribution in [0.2, 0.25) is 0 Å². The van der Waals surface area contributed by atoms with Crippen LogP contribution in [0.1, 0.15) is 127 Å². The van der Waals surface area contributed by atoms with Crippen LogP contribution in [-0.4, -0.2) is 68.3 Å². The van der Waals surface area contributed by atoms with E-state index in [0.29, 0.717) is 32.1 Å². The van der Waals surface area contributed by atoms with Gasteiger partial charge in [-0.2, -0.15) is 0 Å². The third-order valence-electron chi connectivity index (χ3n) is 14.2. The molecule has 250 valence electrons. The fourth-order valence-electron chi connectivity index (χ4n) is 11.9. The van der Waals surface area contributed by atoms with Gasteiger partial charge in [-0.3, -0.25) is 14.4 Å². The summed E-state index contributed by atoms with van der Waals surface area (Å²) >= 11 is 0. The number of carboxylic acids is 1. The van der Waals surface area contributed by atoms with Crippen molar-refractivity contribution in [3.63, 3.8) is 0 Å². The van der Waals surface area contributed by atoms with E-state index >= 15 is 0 Å². The molecule has 5 aliphatic rings. The van der Waals surface area contributed by atoms with Gasteiger partial charge < -0.3 is 29.5 Å². The van der Waals surface area contributed by atoms with Crippen molar-refractivity contribution in [1.82, 2.24) is 0 Å². The molecule has 9 heteroatoms. The topological polar surface area (TPSA) is 140 Å². The van der Waals surface area contributed by atoms with Crippen molar-refractivity contribution in [2.75, 3.05) is 0 Å². The standard InChI is InChI=1S/C35H56O9/c1-20(36)42-21-18-23-31(6)13-11-24(43-27(39)19-26(37)38)29(2,3)22(31)10-14-32(23,7)33(8)16-17-35(41,28(21)33)34(9)15-12-25(44-34)30(4,5)40/h21-25,28,40-41H,10-19H2,1-9H3,(H,37,38)/t21-,22+,23-,24+,25-,28+,31+,32-,33-,34+,35-/m1/s1. The van der Waals surface area contributed by atoms with Crippen LogP contribution >= 0.6 is 0 Å². The van der Waals surface area contributed by atoms with E-state index in [-0.39, 0.29) is 57.6 Å². The van der Waals surface area contributed by atoms with Crippen molar-refractivity contribution in [2.45, 2.75) is 162 Å². The zero-order valence-corrected chi connectivity index (χ0v) is 28.3. The molecule has 5 rings (SSSR count). The molecule has 0 amide bonds. The second-order valence-electron chi connectivity index (χ2n) is 17.2. The molecule has 11 atom stereocenters. The van der Waals surface area contributed by atoms with E-state index in [1.165, 1.54) is 6.92 Å². The van der Waals surface area contributed by atoms with Crippen molar-refractivity contribution < 1.29 is 43.9 Å². The van der Waals surface area contributed by atoms with Gasteiger partial charge in [-0.1, -0.05) is 34.6 Å². The predicted molar refractivity (Wildman–Crippen MR) is 162 cm³/mol. The second-order valence-corrected chi connectivity index (χ2v) is 17.2. The predicted octanol–water partition coefficient (Wildman–Crippen LogP) is 5.42. The summed E-state index contributed by atoms with van der Waals surface area (Å²) in [7, 11) is 0. The monoisotopic (exact) mass is 620 g/mol. The first-order valence-electron chi connectivity index (χ1n) is 16.8. The second kappa shape index (κ2) is 10.4. The van der Waals surface area contributed by atoms with Crippen LogP contribution in [0, 0.1) is 39.4 Å². The Hall–Kier alpha value is -1.71. The Morgan fingerprint density at radius 2 is 1.52 bits per heavy atom. The molecule has 1 heterocycles. The maximum Gasteiger partial charge on any atom is 0.317 e. The number of fused-ring (bicyclic) bond motifs is 5. The molecule has 9 nitrogen and oxygen atoms in total. The average Bonchev–Trinajstić information content (AvgIpc) is 3.42. The van der Waals surface area contributed by atoms with Gasteiger partial charge in [-0.05, 0) is 107 Å². The van der Waals surface area contributed by atoms with Gasteiger partial charge in [0.2, 0.25) is 0 Å². The van der Waals surface area contributed by atoms with Crippen molar-refractivity contribution >= 4 is 17.9 Å². The highest BCUT2D eigenvalue weighted by atomic mass is 16.6. The van der Waals surface area contributed by atoms with Crippen molar-refractivity contribution in [3.05, 3.63) is 0 Å². The van der Waals surface area contributed by atoms with Gasteiger partial charge in [0.25, 0.3) is 0 Å². The van der Waals surface area contributed by atoms with E-state index in [1.807, 2.05) is 6.92 Å². The zero-order valence-electron chi connectivity index (χ0n) is 28.3. The molecule has 0 bridgehead atoms. The highest BCUT2D eigenvalue weighted by Crippen LogP contribution is 2.77. The largest absolute Gasteiger partial charge is 0.481 e. The van der Waals surface area contributed by atoms with E-state index in [2.05, 4.69) is 34.6 Å². The molecule has 5 fully saturated rings. The fraction of sp³-hybridized carbons (Fsp3) is 0.914. The lowest BCUT2D eigenvalue weighted by Crippen LogP contribution is -2.70. The summed E-state index contributed by atoms with van der Waals surface area (Å²) in [5.74, 6) is -2.15. The van der Waals surface area contributed by atoms with Gasteiger partial charge in [-0.15, -0.1) is 0 Å². The van der Waals surface area contributed by atoms with E-state index in [9.17, 15) is 24.6 Å². The van der Waals surface area contributed by atoms with Gasteiger partial charge in [0, 0.05) is 18.3 Å². The third-order valence-corrected chi connectivity index (χ3v) is 14.2. The Balaban J connectivity index is 1.51. The summed E-state index contributed by atoms with van der Waals surface area (Å²) in [5.41, 5.74) is -4.16. The summed E-state index contributed by atoms with van der Waals surface area (Å²) in [6.45, 7) is 18.3. The third kappa shape index (κ3) is 4.76. The lowest BCUT2D eigenvalue weighted by molar-refractivity contribution is -0.280. The number of aliphatic carboxylic acids is 1. The number of carbonyl (C=O) groups is 3.